The molecule has 0 aromatic heterocycles. The molecule has 0 heterocycles. The summed E-state index contributed by atoms with van der Waals surface area (Å²) in [5, 5.41) is 0. The van der Waals surface area contributed by atoms with Gasteiger partial charge in [0.1, 0.15) is 0 Å². The third-order valence-electron chi connectivity index (χ3n) is 7.39. The zero-order chi connectivity index (χ0) is 31.3. The zero-order valence-corrected chi connectivity index (χ0v) is 28.1. The molecule has 0 amide bonds. The Kier molecular flexibility index (Phi) is 21.8. The molecule has 0 aliphatic rings. The number of carbonyl (C=O) groups is 3. The minimum Gasteiger partial charge on any atom is -0.465 e. The molecule has 0 aromatic carbocycles. The van der Waals surface area contributed by atoms with Crippen LogP contribution < -0.4 is 0 Å². The lowest BCUT2D eigenvalue weighted by molar-refractivity contribution is -0.150. The molecule has 0 aliphatic heterocycles. The van der Waals surface area contributed by atoms with Crippen LogP contribution in [0.25, 0.3) is 0 Å². The van der Waals surface area contributed by atoms with Crippen LogP contribution in [-0.4, -0.2) is 67.4 Å². The van der Waals surface area contributed by atoms with Crippen LogP contribution in [0.4, 0.5) is 0 Å². The van der Waals surface area contributed by atoms with E-state index in [-0.39, 0.29) is 31.1 Å². The summed E-state index contributed by atoms with van der Waals surface area (Å²) in [7, 11) is 2.22. The molecule has 0 saturated heterocycles. The summed E-state index contributed by atoms with van der Waals surface area (Å²) < 4.78 is 32.2. The second kappa shape index (κ2) is 22.8. The lowest BCUT2D eigenvalue weighted by Gasteiger charge is -2.24. The van der Waals surface area contributed by atoms with Crippen molar-refractivity contribution in [2.75, 3.05) is 34.5 Å². The van der Waals surface area contributed by atoms with Gasteiger partial charge in [-0.3, -0.25) is 9.59 Å². The van der Waals surface area contributed by atoms with Gasteiger partial charge in [0, 0.05) is 45.8 Å². The van der Waals surface area contributed by atoms with Crippen molar-refractivity contribution in [1.82, 2.24) is 0 Å². The van der Waals surface area contributed by atoms with Crippen molar-refractivity contribution in [3.05, 3.63) is 12.2 Å². The van der Waals surface area contributed by atoms with E-state index in [9.17, 15) is 14.4 Å². The molecule has 240 valence electrons. The quantitative estimate of drug-likeness (QED) is 0.0373. The first-order valence-corrected chi connectivity index (χ1v) is 17.1. The topological polar surface area (TPSA) is 107 Å². The van der Waals surface area contributed by atoms with Gasteiger partial charge in [0.05, 0.1) is 19.3 Å². The van der Waals surface area contributed by atoms with Gasteiger partial charge in [0.25, 0.3) is 0 Å². The predicted molar refractivity (Wildman–Crippen MR) is 162 cm³/mol. The Balaban J connectivity index is 3.94. The fourth-order valence-electron chi connectivity index (χ4n) is 4.35. The van der Waals surface area contributed by atoms with Crippen LogP contribution in [0.2, 0.25) is 6.04 Å². The zero-order valence-electron chi connectivity index (χ0n) is 27.1. The van der Waals surface area contributed by atoms with Gasteiger partial charge in [-0.1, -0.05) is 46.6 Å². The Bertz CT molecular complexity index is 746. The number of hydrogen-bond donors (Lipinski definition) is 0. The van der Waals surface area contributed by atoms with Gasteiger partial charge in [0.15, 0.2) is 0 Å². The monoisotopic (exact) mass is 602 g/mol. The van der Waals surface area contributed by atoms with E-state index < -0.39 is 14.8 Å². The molecular formula is C31H58O9Si. The highest BCUT2D eigenvalue weighted by Gasteiger charge is 2.36. The van der Waals surface area contributed by atoms with Gasteiger partial charge in [-0.05, 0) is 70.1 Å². The molecule has 0 N–H and O–H groups in total. The van der Waals surface area contributed by atoms with Gasteiger partial charge in [0.2, 0.25) is 0 Å². The molecule has 0 radical (unpaired) electrons. The average Bonchev–Trinajstić information content (AvgIpc) is 2.95. The summed E-state index contributed by atoms with van der Waals surface area (Å²) in [5.41, 5.74) is 0.350. The first kappa shape index (κ1) is 39.2. The van der Waals surface area contributed by atoms with Gasteiger partial charge >= 0.3 is 26.7 Å². The Labute approximate surface area is 250 Å². The number of unbranched alkanes of at least 4 members (excludes halogenated alkanes) is 1. The van der Waals surface area contributed by atoms with Crippen LogP contribution in [-0.2, 0) is 41.9 Å². The van der Waals surface area contributed by atoms with Crippen LogP contribution in [0.15, 0.2) is 12.2 Å². The van der Waals surface area contributed by atoms with Crippen molar-refractivity contribution in [3.8, 4) is 0 Å². The lowest BCUT2D eigenvalue weighted by Crippen LogP contribution is -2.42. The van der Waals surface area contributed by atoms with Gasteiger partial charge in [-0.15, -0.1) is 0 Å². The van der Waals surface area contributed by atoms with Gasteiger partial charge < -0.3 is 27.5 Å². The summed E-state index contributed by atoms with van der Waals surface area (Å²) in [6, 6.07) is 0.681. The molecule has 0 spiro atoms. The van der Waals surface area contributed by atoms with Crippen LogP contribution in [0.3, 0.4) is 0 Å². The Morgan fingerprint density at radius 3 is 1.73 bits per heavy atom. The Hall–Kier alpha value is -1.75. The van der Waals surface area contributed by atoms with E-state index in [0.717, 1.165) is 51.4 Å². The van der Waals surface area contributed by atoms with Crippen LogP contribution in [0.5, 0.6) is 0 Å². The van der Waals surface area contributed by atoms with Crippen molar-refractivity contribution < 1.29 is 41.9 Å². The molecule has 0 saturated carbocycles. The average molecular weight is 603 g/mol. The van der Waals surface area contributed by atoms with E-state index in [1.807, 2.05) is 6.92 Å². The predicted octanol–water partition coefficient (Wildman–Crippen LogP) is 6.66. The highest BCUT2D eigenvalue weighted by Crippen LogP contribution is 2.23. The summed E-state index contributed by atoms with van der Waals surface area (Å²) in [6.45, 7) is 14.4. The number of carbonyl (C=O) groups excluding carboxylic acids is 3. The largest absolute Gasteiger partial charge is 0.500 e. The minimum atomic E-state index is -2.57. The van der Waals surface area contributed by atoms with Gasteiger partial charge in [-0.25, -0.2) is 4.79 Å². The molecule has 41 heavy (non-hydrogen) atoms. The maximum atomic E-state index is 12.1. The van der Waals surface area contributed by atoms with Crippen molar-refractivity contribution in [2.45, 2.75) is 117 Å². The number of hydrogen-bond acceptors (Lipinski definition) is 9. The van der Waals surface area contributed by atoms with Crippen molar-refractivity contribution >= 4 is 26.7 Å². The Morgan fingerprint density at radius 1 is 0.683 bits per heavy atom. The first-order chi connectivity index (χ1) is 19.4. The van der Waals surface area contributed by atoms with Gasteiger partial charge in [-0.2, -0.15) is 0 Å². The summed E-state index contributed by atoms with van der Waals surface area (Å²) in [4.78, 5) is 35.5. The highest BCUT2D eigenvalue weighted by molar-refractivity contribution is 6.60. The molecule has 9 nitrogen and oxygen atoms in total. The highest BCUT2D eigenvalue weighted by atomic mass is 28.4. The second-order valence-corrected chi connectivity index (χ2v) is 14.6. The fourth-order valence-corrected chi connectivity index (χ4v) is 6.15. The van der Waals surface area contributed by atoms with E-state index in [1.165, 1.54) is 0 Å². The minimum absolute atomic E-state index is 0.125. The van der Waals surface area contributed by atoms with E-state index in [2.05, 4.69) is 27.4 Å². The number of ether oxygens (including phenoxy) is 3. The van der Waals surface area contributed by atoms with Crippen molar-refractivity contribution in [3.63, 3.8) is 0 Å². The number of rotatable bonds is 25. The SMILES string of the molecule is C=C(C)C(=O)OCCCC(=O)OC(C)CCC(C)CCC(C)CCC(C)COC(=O)CCCC[Si](OC)(OC)OC. The Morgan fingerprint density at radius 2 is 1.20 bits per heavy atom. The molecule has 0 aliphatic carbocycles. The molecule has 0 bridgehead atoms. The first-order valence-electron chi connectivity index (χ1n) is 15.2. The maximum Gasteiger partial charge on any atom is 0.500 e. The van der Waals surface area contributed by atoms with Crippen molar-refractivity contribution in [1.29, 1.82) is 0 Å². The normalized spacial score (nSPS) is 14.5. The van der Waals surface area contributed by atoms with Crippen molar-refractivity contribution in [2.24, 2.45) is 17.8 Å². The third kappa shape index (κ3) is 19.9. The molecule has 10 heteroatoms. The molecular weight excluding hydrogens is 544 g/mol. The molecule has 4 atom stereocenters. The molecule has 4 unspecified atom stereocenters. The lowest BCUT2D eigenvalue weighted by atomic mass is 9.90. The summed E-state index contributed by atoms with van der Waals surface area (Å²) in [5.74, 6) is 0.661. The summed E-state index contributed by atoms with van der Waals surface area (Å²) in [6.07, 6.45) is 8.75. The van der Waals surface area contributed by atoms with E-state index in [0.29, 0.717) is 48.8 Å². The van der Waals surface area contributed by atoms with E-state index in [4.69, 9.17) is 27.5 Å². The number of esters is 3. The molecule has 0 fully saturated rings. The van der Waals surface area contributed by atoms with E-state index in [1.54, 1.807) is 28.3 Å². The van der Waals surface area contributed by atoms with Crippen LogP contribution >= 0.6 is 0 Å². The molecule has 0 rings (SSSR count). The van der Waals surface area contributed by atoms with Crippen LogP contribution in [0.1, 0.15) is 105 Å². The summed E-state index contributed by atoms with van der Waals surface area (Å²) >= 11 is 0. The second-order valence-electron chi connectivity index (χ2n) is 11.6. The molecule has 0 aromatic rings. The van der Waals surface area contributed by atoms with E-state index >= 15 is 0 Å². The third-order valence-corrected chi connectivity index (χ3v) is 10.2. The van der Waals surface area contributed by atoms with Crippen LogP contribution in [0, 0.1) is 17.8 Å². The standard InChI is InChI=1S/C31H58O9Si/c1-24(2)31(34)38-21-12-14-30(33)40-28(6)20-19-26(4)16-15-25(3)17-18-27(5)23-39-29(32)13-10-11-22-41(35-7,36-8)37-9/h25-28H,1,10-23H2,2-9H3. The maximum absolute atomic E-state index is 12.1. The smallest absolute Gasteiger partial charge is 0.465 e. The fraction of sp³-hybridized carbons (Fsp3) is 0.839.